The Hall–Kier alpha value is -2.21. The number of ether oxygens (including phenoxy) is 1. The molecule has 0 aromatic carbocycles. The first-order valence-electron chi connectivity index (χ1n) is 5.47. The minimum Gasteiger partial charge on any atom is -0.452 e. The lowest BCUT2D eigenvalue weighted by Crippen LogP contribution is -2.33. The second kappa shape index (κ2) is 7.99. The molecule has 5 nitrogen and oxygen atoms in total. The highest BCUT2D eigenvalue weighted by Crippen LogP contribution is 2.07. The Morgan fingerprint density at radius 3 is 2.79 bits per heavy atom. The number of carbonyl (C=O) groups excluding carboxylic acids is 3. The smallest absolute Gasteiger partial charge is 0.331 e. The van der Waals surface area contributed by atoms with Crippen LogP contribution in [0.5, 0.6) is 0 Å². The van der Waals surface area contributed by atoms with E-state index in [2.05, 4.69) is 10.1 Å². The van der Waals surface area contributed by atoms with Crippen molar-refractivity contribution in [2.24, 2.45) is 0 Å². The molecule has 1 rings (SSSR count). The van der Waals surface area contributed by atoms with Gasteiger partial charge in [-0.15, -0.1) is 11.3 Å². The molecule has 1 N–H and O–H groups in total. The van der Waals surface area contributed by atoms with Crippen molar-refractivity contribution in [3.63, 3.8) is 0 Å². The number of rotatable bonds is 5. The number of thiophene rings is 1. The maximum atomic E-state index is 11.5. The molecular formula is C13H13NO4S. The lowest BCUT2D eigenvalue weighted by Gasteiger charge is -2.02. The van der Waals surface area contributed by atoms with E-state index >= 15 is 0 Å². The molecule has 0 saturated heterocycles. The minimum absolute atomic E-state index is 0.424. The van der Waals surface area contributed by atoms with E-state index < -0.39 is 24.4 Å². The summed E-state index contributed by atoms with van der Waals surface area (Å²) >= 11 is 1.22. The Kier molecular flexibility index (Phi) is 6.25. The Bertz CT molecular complexity index is 503. The summed E-state index contributed by atoms with van der Waals surface area (Å²) in [6.45, 7) is 1.31. The summed E-state index contributed by atoms with van der Waals surface area (Å²) in [5.41, 5.74) is 0. The average Bonchev–Trinajstić information content (AvgIpc) is 2.90. The molecule has 0 atom stereocenters. The van der Waals surface area contributed by atoms with E-state index in [9.17, 15) is 14.4 Å². The topological polar surface area (TPSA) is 72.5 Å². The van der Waals surface area contributed by atoms with Gasteiger partial charge in [-0.1, -0.05) is 24.3 Å². The zero-order valence-electron chi connectivity index (χ0n) is 10.3. The van der Waals surface area contributed by atoms with Gasteiger partial charge < -0.3 is 4.74 Å². The van der Waals surface area contributed by atoms with Gasteiger partial charge in [-0.05, 0) is 18.4 Å². The zero-order chi connectivity index (χ0) is 14.1. The van der Waals surface area contributed by atoms with E-state index in [0.29, 0.717) is 4.88 Å². The SMILES string of the molecule is C/C=C/C=C/C(=O)OCC(=O)NC(=O)c1cccs1. The van der Waals surface area contributed by atoms with Crippen LogP contribution in [0.3, 0.4) is 0 Å². The Morgan fingerprint density at radius 2 is 2.16 bits per heavy atom. The highest BCUT2D eigenvalue weighted by molar-refractivity contribution is 7.12. The first-order chi connectivity index (χ1) is 9.13. The number of carbonyl (C=O) groups is 3. The van der Waals surface area contributed by atoms with Gasteiger partial charge in [-0.3, -0.25) is 14.9 Å². The number of hydrogen-bond acceptors (Lipinski definition) is 5. The van der Waals surface area contributed by atoms with E-state index in [1.165, 1.54) is 23.5 Å². The molecule has 0 fully saturated rings. The quantitative estimate of drug-likeness (QED) is 0.505. The number of nitrogens with one attached hydrogen (secondary N) is 1. The van der Waals surface area contributed by atoms with Gasteiger partial charge in [0.2, 0.25) is 0 Å². The molecule has 6 heteroatoms. The Labute approximate surface area is 114 Å². The molecule has 0 radical (unpaired) electrons. The molecule has 1 heterocycles. The standard InChI is InChI=1S/C13H13NO4S/c1-2-3-4-7-12(16)18-9-11(15)14-13(17)10-6-5-8-19-10/h2-8H,9H2,1H3,(H,14,15,17)/b3-2+,7-4+. The van der Waals surface area contributed by atoms with Crippen LogP contribution in [0.25, 0.3) is 0 Å². The second-order valence-electron chi connectivity index (χ2n) is 3.35. The molecular weight excluding hydrogens is 266 g/mol. The van der Waals surface area contributed by atoms with E-state index in [1.54, 1.807) is 36.6 Å². The maximum Gasteiger partial charge on any atom is 0.331 e. The fourth-order valence-electron chi connectivity index (χ4n) is 1.06. The van der Waals surface area contributed by atoms with Crippen molar-refractivity contribution in [2.45, 2.75) is 6.92 Å². The van der Waals surface area contributed by atoms with Gasteiger partial charge in [0.25, 0.3) is 11.8 Å². The number of amides is 2. The van der Waals surface area contributed by atoms with E-state index in [0.717, 1.165) is 0 Å². The van der Waals surface area contributed by atoms with Gasteiger partial charge in [-0.2, -0.15) is 0 Å². The van der Waals surface area contributed by atoms with Crippen LogP contribution >= 0.6 is 11.3 Å². The van der Waals surface area contributed by atoms with Crippen LogP contribution in [0.2, 0.25) is 0 Å². The van der Waals surface area contributed by atoms with Crippen LogP contribution in [0, 0.1) is 0 Å². The molecule has 1 aromatic rings. The van der Waals surface area contributed by atoms with Crippen molar-refractivity contribution in [3.05, 3.63) is 46.7 Å². The molecule has 0 aliphatic carbocycles. The van der Waals surface area contributed by atoms with Crippen LogP contribution in [0.15, 0.2) is 41.8 Å². The summed E-state index contributed by atoms with van der Waals surface area (Å²) < 4.78 is 4.65. The second-order valence-corrected chi connectivity index (χ2v) is 4.29. The molecule has 100 valence electrons. The summed E-state index contributed by atoms with van der Waals surface area (Å²) in [5, 5.41) is 3.85. The van der Waals surface area contributed by atoms with Crippen LogP contribution in [-0.4, -0.2) is 24.4 Å². The Morgan fingerprint density at radius 1 is 1.37 bits per heavy atom. The average molecular weight is 279 g/mol. The maximum absolute atomic E-state index is 11.5. The van der Waals surface area contributed by atoms with Crippen LogP contribution in [0.1, 0.15) is 16.6 Å². The number of hydrogen-bond donors (Lipinski definition) is 1. The van der Waals surface area contributed by atoms with Gasteiger partial charge in [-0.25, -0.2) is 4.79 Å². The van der Waals surface area contributed by atoms with Gasteiger partial charge in [0.1, 0.15) is 0 Å². The van der Waals surface area contributed by atoms with Crippen LogP contribution in [-0.2, 0) is 14.3 Å². The predicted octanol–water partition coefficient (Wildman–Crippen LogP) is 1.68. The third-order valence-electron chi connectivity index (χ3n) is 1.88. The van der Waals surface area contributed by atoms with Gasteiger partial charge in [0.15, 0.2) is 6.61 Å². The van der Waals surface area contributed by atoms with Crippen molar-refractivity contribution in [1.82, 2.24) is 5.32 Å². The van der Waals surface area contributed by atoms with Crippen molar-refractivity contribution < 1.29 is 19.1 Å². The number of allylic oxidation sites excluding steroid dienone is 3. The largest absolute Gasteiger partial charge is 0.452 e. The molecule has 0 saturated carbocycles. The number of imide groups is 1. The summed E-state index contributed by atoms with van der Waals surface area (Å²) in [7, 11) is 0. The summed E-state index contributed by atoms with van der Waals surface area (Å²) in [4.78, 5) is 34.4. The lowest BCUT2D eigenvalue weighted by atomic mass is 10.4. The summed E-state index contributed by atoms with van der Waals surface area (Å²) in [5.74, 6) is -1.80. The molecule has 2 amide bonds. The van der Waals surface area contributed by atoms with Crippen molar-refractivity contribution in [3.8, 4) is 0 Å². The fraction of sp³-hybridized carbons (Fsp3) is 0.154. The monoisotopic (exact) mass is 279 g/mol. The molecule has 0 aliphatic rings. The molecule has 0 bridgehead atoms. The lowest BCUT2D eigenvalue weighted by molar-refractivity contribution is -0.143. The summed E-state index contributed by atoms with van der Waals surface area (Å²) in [6.07, 6.45) is 6.09. The summed E-state index contributed by atoms with van der Waals surface area (Å²) in [6, 6.07) is 3.30. The van der Waals surface area contributed by atoms with Gasteiger partial charge in [0, 0.05) is 6.08 Å². The molecule has 0 spiro atoms. The van der Waals surface area contributed by atoms with Crippen molar-refractivity contribution >= 4 is 29.1 Å². The molecule has 19 heavy (non-hydrogen) atoms. The van der Waals surface area contributed by atoms with Crippen LogP contribution in [0.4, 0.5) is 0 Å². The molecule has 0 aliphatic heterocycles. The highest BCUT2D eigenvalue weighted by Gasteiger charge is 2.12. The minimum atomic E-state index is -0.661. The first kappa shape index (κ1) is 14.8. The number of esters is 1. The van der Waals surface area contributed by atoms with E-state index in [-0.39, 0.29) is 0 Å². The van der Waals surface area contributed by atoms with Crippen molar-refractivity contribution in [2.75, 3.05) is 6.61 Å². The van der Waals surface area contributed by atoms with E-state index in [1.807, 2.05) is 0 Å². The van der Waals surface area contributed by atoms with E-state index in [4.69, 9.17) is 0 Å². The van der Waals surface area contributed by atoms with Crippen LogP contribution < -0.4 is 5.32 Å². The molecule has 1 aromatic heterocycles. The van der Waals surface area contributed by atoms with Gasteiger partial charge >= 0.3 is 5.97 Å². The normalized spacial score (nSPS) is 10.8. The fourth-order valence-corrected chi connectivity index (χ4v) is 1.68. The third kappa shape index (κ3) is 5.78. The molecule has 0 unspecified atom stereocenters. The highest BCUT2D eigenvalue weighted by atomic mass is 32.1. The van der Waals surface area contributed by atoms with Crippen molar-refractivity contribution in [1.29, 1.82) is 0 Å². The van der Waals surface area contributed by atoms with Gasteiger partial charge in [0.05, 0.1) is 4.88 Å². The zero-order valence-corrected chi connectivity index (χ0v) is 11.1. The predicted molar refractivity (Wildman–Crippen MR) is 71.7 cm³/mol. The Balaban J connectivity index is 2.32. The first-order valence-corrected chi connectivity index (χ1v) is 6.35. The third-order valence-corrected chi connectivity index (χ3v) is 2.75.